The Morgan fingerprint density at radius 1 is 0.897 bits per heavy atom. The van der Waals surface area contributed by atoms with Gasteiger partial charge < -0.3 is 18.8 Å². The maximum Gasteiger partial charge on any atom is 0.211 e. The molecule has 2 aromatic carbocycles. The number of aromatic nitrogens is 1. The second-order valence-corrected chi connectivity index (χ2v) is 9.01. The van der Waals surface area contributed by atoms with Crippen LogP contribution in [0.15, 0.2) is 36.4 Å². The Kier molecular flexibility index (Phi) is 4.92. The molecule has 2 heterocycles. The number of hydrogen-bond acceptors (Lipinski definition) is 5. The molecule has 4 rings (SSSR count). The van der Waals surface area contributed by atoms with Crippen LogP contribution in [0.4, 0.5) is 0 Å². The van der Waals surface area contributed by atoms with Crippen LogP contribution in [-0.4, -0.2) is 51.4 Å². The Labute approximate surface area is 170 Å². The molecule has 3 aromatic rings. The van der Waals surface area contributed by atoms with E-state index in [-0.39, 0.29) is 0 Å². The molecule has 7 nitrogen and oxygen atoms in total. The first-order valence-corrected chi connectivity index (χ1v) is 11.1. The predicted octanol–water partition coefficient (Wildman–Crippen LogP) is 3.11. The van der Waals surface area contributed by atoms with Gasteiger partial charge in [0.1, 0.15) is 5.75 Å². The van der Waals surface area contributed by atoms with E-state index in [9.17, 15) is 8.42 Å². The monoisotopic (exact) mass is 416 g/mol. The maximum atomic E-state index is 12.2. The van der Waals surface area contributed by atoms with Crippen LogP contribution in [0.2, 0.25) is 0 Å². The van der Waals surface area contributed by atoms with Crippen LogP contribution in [-0.2, 0) is 23.1 Å². The summed E-state index contributed by atoms with van der Waals surface area (Å²) in [5.41, 5.74) is 3.94. The van der Waals surface area contributed by atoms with Gasteiger partial charge in [-0.1, -0.05) is 12.1 Å². The Hall–Kier alpha value is -2.71. The third-order valence-electron chi connectivity index (χ3n) is 5.42. The lowest BCUT2D eigenvalue weighted by Gasteiger charge is -2.27. The molecular weight excluding hydrogens is 392 g/mol. The van der Waals surface area contributed by atoms with Crippen LogP contribution in [0, 0.1) is 0 Å². The van der Waals surface area contributed by atoms with E-state index < -0.39 is 10.0 Å². The fourth-order valence-corrected chi connectivity index (χ4v) is 4.74. The summed E-state index contributed by atoms with van der Waals surface area (Å²) in [6, 6.07) is 11.7. The van der Waals surface area contributed by atoms with Crippen molar-refractivity contribution in [3.63, 3.8) is 0 Å². The van der Waals surface area contributed by atoms with Gasteiger partial charge in [-0.15, -0.1) is 0 Å². The fourth-order valence-electron chi connectivity index (χ4n) is 3.97. The number of benzene rings is 2. The van der Waals surface area contributed by atoms with Gasteiger partial charge in [0.15, 0.2) is 11.5 Å². The number of hydrogen-bond donors (Lipinski definition) is 0. The molecule has 0 atom stereocenters. The molecule has 0 saturated carbocycles. The van der Waals surface area contributed by atoms with E-state index in [0.29, 0.717) is 31.1 Å². The summed E-state index contributed by atoms with van der Waals surface area (Å²) in [6.07, 6.45) is 1.25. The average molecular weight is 416 g/mol. The van der Waals surface area contributed by atoms with Gasteiger partial charge in [0.2, 0.25) is 10.0 Å². The van der Waals surface area contributed by atoms with Crippen LogP contribution in [0.3, 0.4) is 0 Å². The molecular formula is C21H24N2O5S. The van der Waals surface area contributed by atoms with Gasteiger partial charge in [-0.3, -0.25) is 0 Å². The molecule has 0 N–H and O–H groups in total. The van der Waals surface area contributed by atoms with Crippen molar-refractivity contribution in [1.82, 2.24) is 8.87 Å². The van der Waals surface area contributed by atoms with E-state index in [1.54, 1.807) is 21.3 Å². The normalized spacial score (nSPS) is 14.6. The van der Waals surface area contributed by atoms with Crippen LogP contribution >= 0.6 is 0 Å². The van der Waals surface area contributed by atoms with Gasteiger partial charge in [-0.25, -0.2) is 8.42 Å². The summed E-state index contributed by atoms with van der Waals surface area (Å²) in [7, 11) is 1.56. The SMILES string of the molecule is COc1ccc(-c2c3n(c4cc(OC)c(OC)cc24)CCN(S(C)(=O)=O)C3)cc1. The number of sulfonamides is 1. The summed E-state index contributed by atoms with van der Waals surface area (Å²) in [5.74, 6) is 2.05. The fraction of sp³-hybridized carbons (Fsp3) is 0.333. The first kappa shape index (κ1) is 19.6. The Morgan fingerprint density at radius 3 is 2.14 bits per heavy atom. The highest BCUT2D eigenvalue weighted by Crippen LogP contribution is 2.42. The number of methoxy groups -OCH3 is 3. The molecule has 0 radical (unpaired) electrons. The first-order chi connectivity index (χ1) is 13.9. The first-order valence-electron chi connectivity index (χ1n) is 9.24. The zero-order chi connectivity index (χ0) is 20.8. The van der Waals surface area contributed by atoms with Crippen molar-refractivity contribution in [3.8, 4) is 28.4 Å². The summed E-state index contributed by atoms with van der Waals surface area (Å²) >= 11 is 0. The highest BCUT2D eigenvalue weighted by Gasteiger charge is 2.29. The number of nitrogens with zero attached hydrogens (tertiary/aromatic N) is 2. The van der Waals surface area contributed by atoms with E-state index in [4.69, 9.17) is 14.2 Å². The minimum atomic E-state index is -3.29. The molecule has 1 aromatic heterocycles. The summed E-state index contributed by atoms with van der Waals surface area (Å²) in [4.78, 5) is 0. The number of rotatable bonds is 5. The zero-order valence-electron chi connectivity index (χ0n) is 16.9. The standard InChI is InChI=1S/C21H24N2O5S/c1-26-15-7-5-14(6-8-15)21-16-11-19(27-2)20(28-3)12-17(16)23-10-9-22(13-18(21)23)29(4,24)25/h5-8,11-12H,9-10,13H2,1-4H3. The van der Waals surface area contributed by atoms with Gasteiger partial charge >= 0.3 is 0 Å². The molecule has 0 unspecified atom stereocenters. The maximum absolute atomic E-state index is 12.2. The average Bonchev–Trinajstić information content (AvgIpc) is 3.04. The second-order valence-electron chi connectivity index (χ2n) is 7.02. The van der Waals surface area contributed by atoms with Crippen molar-refractivity contribution in [2.45, 2.75) is 13.1 Å². The molecule has 0 fully saturated rings. The van der Waals surface area contributed by atoms with Gasteiger partial charge in [-0.2, -0.15) is 4.31 Å². The second kappa shape index (κ2) is 7.27. The van der Waals surface area contributed by atoms with Crippen molar-refractivity contribution in [3.05, 3.63) is 42.1 Å². The number of fused-ring (bicyclic) bond motifs is 3. The van der Waals surface area contributed by atoms with Gasteiger partial charge in [0.05, 0.1) is 39.6 Å². The summed E-state index contributed by atoms with van der Waals surface area (Å²) in [5, 5.41) is 0.998. The largest absolute Gasteiger partial charge is 0.497 e. The van der Waals surface area contributed by atoms with E-state index in [1.807, 2.05) is 36.4 Å². The topological polar surface area (TPSA) is 70.0 Å². The van der Waals surface area contributed by atoms with Gasteiger partial charge in [0, 0.05) is 35.8 Å². The van der Waals surface area contributed by atoms with Gasteiger partial charge in [-0.05, 0) is 23.8 Å². The third kappa shape index (κ3) is 3.32. The van der Waals surface area contributed by atoms with E-state index in [1.165, 1.54) is 10.6 Å². The van der Waals surface area contributed by atoms with Crippen LogP contribution in [0.25, 0.3) is 22.0 Å². The van der Waals surface area contributed by atoms with E-state index in [2.05, 4.69) is 4.57 Å². The van der Waals surface area contributed by atoms with Crippen molar-refractivity contribution < 1.29 is 22.6 Å². The quantitative estimate of drug-likeness (QED) is 0.639. The zero-order valence-corrected chi connectivity index (χ0v) is 17.7. The molecule has 154 valence electrons. The Morgan fingerprint density at radius 2 is 1.55 bits per heavy atom. The molecule has 0 aliphatic carbocycles. The van der Waals surface area contributed by atoms with Crippen LogP contribution in [0.1, 0.15) is 5.69 Å². The highest BCUT2D eigenvalue weighted by molar-refractivity contribution is 7.88. The molecule has 0 spiro atoms. The minimum absolute atomic E-state index is 0.319. The van der Waals surface area contributed by atoms with E-state index in [0.717, 1.165) is 33.5 Å². The Balaban J connectivity index is 2.00. The predicted molar refractivity (Wildman–Crippen MR) is 112 cm³/mol. The lowest BCUT2D eigenvalue weighted by Crippen LogP contribution is -2.37. The van der Waals surface area contributed by atoms with Crippen LogP contribution in [0.5, 0.6) is 17.2 Å². The molecule has 29 heavy (non-hydrogen) atoms. The van der Waals surface area contributed by atoms with Gasteiger partial charge in [0.25, 0.3) is 0 Å². The van der Waals surface area contributed by atoms with Crippen molar-refractivity contribution in [2.75, 3.05) is 34.1 Å². The minimum Gasteiger partial charge on any atom is -0.497 e. The molecule has 1 aliphatic rings. The summed E-state index contributed by atoms with van der Waals surface area (Å²) < 4.78 is 44.4. The lowest BCUT2D eigenvalue weighted by molar-refractivity contribution is 0.347. The molecule has 0 amide bonds. The molecule has 1 aliphatic heterocycles. The highest BCUT2D eigenvalue weighted by atomic mass is 32.2. The van der Waals surface area contributed by atoms with Crippen molar-refractivity contribution in [1.29, 1.82) is 0 Å². The third-order valence-corrected chi connectivity index (χ3v) is 6.67. The molecule has 0 saturated heterocycles. The number of ether oxygens (including phenoxy) is 3. The van der Waals surface area contributed by atoms with Crippen molar-refractivity contribution >= 4 is 20.9 Å². The van der Waals surface area contributed by atoms with E-state index >= 15 is 0 Å². The van der Waals surface area contributed by atoms with Crippen LogP contribution < -0.4 is 14.2 Å². The smallest absolute Gasteiger partial charge is 0.211 e. The Bertz CT molecular complexity index is 1170. The summed E-state index contributed by atoms with van der Waals surface area (Å²) in [6.45, 7) is 1.33. The molecule has 0 bridgehead atoms. The lowest BCUT2D eigenvalue weighted by atomic mass is 10.0. The molecule has 8 heteroatoms. The van der Waals surface area contributed by atoms with Crippen molar-refractivity contribution in [2.24, 2.45) is 0 Å².